The summed E-state index contributed by atoms with van der Waals surface area (Å²) in [6, 6.07) is 1.75. The van der Waals surface area contributed by atoms with E-state index in [1.165, 1.54) is 6.21 Å². The average Bonchev–Trinajstić information content (AvgIpc) is 2.21. The Morgan fingerprint density at radius 1 is 1.79 bits per heavy atom. The summed E-state index contributed by atoms with van der Waals surface area (Å²) in [5.41, 5.74) is -0.118. The fraction of sp³-hybridized carbons (Fsp3) is 0.222. The Morgan fingerprint density at radius 3 is 3.07 bits per heavy atom. The smallest absolute Gasteiger partial charge is 0.352 e. The summed E-state index contributed by atoms with van der Waals surface area (Å²) in [6.07, 6.45) is 4.73. The molecule has 5 heteroatoms. The van der Waals surface area contributed by atoms with E-state index in [4.69, 9.17) is 10.00 Å². The van der Waals surface area contributed by atoms with Crippen LogP contribution in [0.2, 0.25) is 0 Å². The third kappa shape index (κ3) is 2.20. The van der Waals surface area contributed by atoms with Crippen molar-refractivity contribution in [3.8, 4) is 6.07 Å². The zero-order valence-corrected chi connectivity index (χ0v) is 7.65. The third-order valence-electron chi connectivity index (χ3n) is 1.43. The van der Waals surface area contributed by atoms with Gasteiger partial charge in [-0.1, -0.05) is 0 Å². The van der Waals surface area contributed by atoms with Crippen LogP contribution in [0.4, 0.5) is 0 Å². The van der Waals surface area contributed by atoms with E-state index in [-0.39, 0.29) is 18.0 Å². The second-order valence-corrected chi connectivity index (χ2v) is 2.34. The van der Waals surface area contributed by atoms with Gasteiger partial charge < -0.3 is 10.1 Å². The van der Waals surface area contributed by atoms with Crippen LogP contribution in [0.5, 0.6) is 0 Å². The molecule has 0 atom stereocenters. The monoisotopic (exact) mass is 191 g/mol. The SMILES string of the molecule is CCOC(=O)C(C#N)=C1N=CC=CN1. The van der Waals surface area contributed by atoms with Crippen molar-refractivity contribution in [3.63, 3.8) is 0 Å². The van der Waals surface area contributed by atoms with Crippen LogP contribution in [0.3, 0.4) is 0 Å². The number of hydrogen-bond acceptors (Lipinski definition) is 5. The van der Waals surface area contributed by atoms with Crippen molar-refractivity contribution >= 4 is 12.2 Å². The number of carbonyl (C=O) groups excluding carboxylic acids is 1. The molecule has 1 rings (SSSR count). The Kier molecular flexibility index (Phi) is 3.44. The van der Waals surface area contributed by atoms with E-state index in [0.29, 0.717) is 0 Å². The van der Waals surface area contributed by atoms with Gasteiger partial charge in [0.15, 0.2) is 11.4 Å². The minimum atomic E-state index is -0.662. The molecule has 0 spiro atoms. The first-order valence-electron chi connectivity index (χ1n) is 4.06. The zero-order valence-electron chi connectivity index (χ0n) is 7.65. The van der Waals surface area contributed by atoms with Crippen molar-refractivity contribution in [3.05, 3.63) is 23.7 Å². The molecule has 0 radical (unpaired) electrons. The van der Waals surface area contributed by atoms with Crippen molar-refractivity contribution in [1.29, 1.82) is 5.26 Å². The molecule has 1 heterocycles. The summed E-state index contributed by atoms with van der Waals surface area (Å²) in [5.74, 6) is -0.446. The molecule has 1 aliphatic heterocycles. The number of nitriles is 1. The number of nitrogens with zero attached hydrogens (tertiary/aromatic N) is 2. The van der Waals surface area contributed by atoms with E-state index in [1.54, 1.807) is 25.3 Å². The molecular formula is C9H9N3O2. The minimum Gasteiger partial charge on any atom is -0.462 e. The lowest BCUT2D eigenvalue weighted by molar-refractivity contribution is -0.138. The largest absolute Gasteiger partial charge is 0.462 e. The first kappa shape index (κ1) is 9.99. The van der Waals surface area contributed by atoms with Gasteiger partial charge in [-0.25, -0.2) is 9.79 Å². The fourth-order valence-corrected chi connectivity index (χ4v) is 0.860. The summed E-state index contributed by atoms with van der Waals surface area (Å²) in [6.45, 7) is 1.91. The van der Waals surface area contributed by atoms with Crippen molar-refractivity contribution in [2.45, 2.75) is 6.92 Å². The van der Waals surface area contributed by atoms with Crippen LogP contribution >= 0.6 is 0 Å². The minimum absolute atomic E-state index is 0.118. The normalized spacial score (nSPS) is 16.9. The van der Waals surface area contributed by atoms with E-state index in [0.717, 1.165) is 0 Å². The van der Waals surface area contributed by atoms with Gasteiger partial charge in [0.1, 0.15) is 6.07 Å². The van der Waals surface area contributed by atoms with Crippen LogP contribution in [-0.4, -0.2) is 18.8 Å². The van der Waals surface area contributed by atoms with Gasteiger partial charge in [0.05, 0.1) is 6.61 Å². The van der Waals surface area contributed by atoms with Crippen molar-refractivity contribution in [2.75, 3.05) is 6.61 Å². The Labute approximate surface area is 81.4 Å². The highest BCUT2D eigenvalue weighted by atomic mass is 16.5. The second-order valence-electron chi connectivity index (χ2n) is 2.34. The molecule has 0 aromatic rings. The molecule has 0 aliphatic carbocycles. The maximum absolute atomic E-state index is 11.2. The predicted octanol–water partition coefficient (Wildman–Crippen LogP) is 0.472. The summed E-state index contributed by atoms with van der Waals surface area (Å²) in [4.78, 5) is 15.1. The topological polar surface area (TPSA) is 74.5 Å². The summed E-state index contributed by atoms with van der Waals surface area (Å²) < 4.78 is 4.69. The van der Waals surface area contributed by atoms with Gasteiger partial charge >= 0.3 is 5.97 Å². The molecule has 0 unspecified atom stereocenters. The molecule has 5 nitrogen and oxygen atoms in total. The first-order chi connectivity index (χ1) is 6.79. The van der Waals surface area contributed by atoms with E-state index in [2.05, 4.69) is 10.3 Å². The molecule has 1 N–H and O–H groups in total. The van der Waals surface area contributed by atoms with Crippen LogP contribution in [0.1, 0.15) is 6.92 Å². The maximum Gasteiger partial charge on any atom is 0.352 e. The molecule has 0 fully saturated rings. The Morgan fingerprint density at radius 2 is 2.57 bits per heavy atom. The van der Waals surface area contributed by atoms with Crippen LogP contribution in [0.15, 0.2) is 28.7 Å². The average molecular weight is 191 g/mol. The van der Waals surface area contributed by atoms with Gasteiger partial charge in [-0.2, -0.15) is 5.26 Å². The quantitative estimate of drug-likeness (QED) is 0.391. The maximum atomic E-state index is 11.2. The lowest BCUT2D eigenvalue weighted by Crippen LogP contribution is -2.16. The molecular weight excluding hydrogens is 182 g/mol. The van der Waals surface area contributed by atoms with Crippen LogP contribution in [0.25, 0.3) is 0 Å². The number of aliphatic imine (C=N–C) groups is 1. The lowest BCUT2D eigenvalue weighted by atomic mass is 10.3. The van der Waals surface area contributed by atoms with E-state index in [1.807, 2.05) is 0 Å². The zero-order chi connectivity index (χ0) is 10.4. The Bertz CT molecular complexity index is 361. The number of nitrogens with one attached hydrogen (secondary N) is 1. The van der Waals surface area contributed by atoms with Gasteiger partial charge in [-0.15, -0.1) is 0 Å². The first-order valence-corrected chi connectivity index (χ1v) is 4.06. The Hall–Kier alpha value is -2.09. The molecule has 0 amide bonds. The molecule has 1 aliphatic rings. The Balaban J connectivity index is 2.91. The summed E-state index contributed by atoms with van der Waals surface area (Å²) >= 11 is 0. The number of esters is 1. The number of carbonyl (C=O) groups is 1. The van der Waals surface area contributed by atoms with Crippen LogP contribution in [0, 0.1) is 11.3 Å². The van der Waals surface area contributed by atoms with Gasteiger partial charge in [0.25, 0.3) is 0 Å². The molecule has 14 heavy (non-hydrogen) atoms. The number of hydrogen-bond donors (Lipinski definition) is 1. The highest BCUT2D eigenvalue weighted by Crippen LogP contribution is 2.06. The van der Waals surface area contributed by atoms with E-state index >= 15 is 0 Å². The molecule has 0 aromatic heterocycles. The van der Waals surface area contributed by atoms with Gasteiger partial charge in [0, 0.05) is 12.4 Å². The molecule has 0 aromatic carbocycles. The van der Waals surface area contributed by atoms with E-state index < -0.39 is 5.97 Å². The lowest BCUT2D eigenvalue weighted by Gasteiger charge is -2.06. The highest BCUT2D eigenvalue weighted by Gasteiger charge is 2.16. The molecule has 0 saturated carbocycles. The fourth-order valence-electron chi connectivity index (χ4n) is 0.860. The van der Waals surface area contributed by atoms with Gasteiger partial charge in [0.2, 0.25) is 0 Å². The standard InChI is InChI=1S/C9H9N3O2/c1-2-14-9(13)7(6-10)8-11-4-3-5-12-8/h3-5,11H,2H2,1H3. The third-order valence-corrected chi connectivity index (χ3v) is 1.43. The van der Waals surface area contributed by atoms with Crippen molar-refractivity contribution in [2.24, 2.45) is 4.99 Å². The molecule has 0 bridgehead atoms. The molecule has 72 valence electrons. The number of rotatable bonds is 2. The van der Waals surface area contributed by atoms with Gasteiger partial charge in [-0.3, -0.25) is 0 Å². The van der Waals surface area contributed by atoms with E-state index in [9.17, 15) is 4.79 Å². The molecule has 0 saturated heterocycles. The summed E-state index contributed by atoms with van der Waals surface area (Å²) in [7, 11) is 0. The van der Waals surface area contributed by atoms with Gasteiger partial charge in [-0.05, 0) is 13.0 Å². The van der Waals surface area contributed by atoms with Crippen molar-refractivity contribution in [1.82, 2.24) is 5.32 Å². The number of allylic oxidation sites excluding steroid dienone is 1. The second kappa shape index (κ2) is 4.82. The predicted molar refractivity (Wildman–Crippen MR) is 50.0 cm³/mol. The number of ether oxygens (including phenoxy) is 1. The highest BCUT2D eigenvalue weighted by molar-refractivity contribution is 5.94. The summed E-state index contributed by atoms with van der Waals surface area (Å²) in [5, 5.41) is 11.4. The van der Waals surface area contributed by atoms with Crippen LogP contribution < -0.4 is 5.32 Å². The van der Waals surface area contributed by atoms with Crippen LogP contribution in [-0.2, 0) is 9.53 Å². The van der Waals surface area contributed by atoms with Crippen molar-refractivity contribution < 1.29 is 9.53 Å².